The average Bonchev–Trinajstić information content (AvgIpc) is 3.09. The van der Waals surface area contributed by atoms with Gasteiger partial charge in [-0.2, -0.15) is 0 Å². The van der Waals surface area contributed by atoms with E-state index in [0.717, 1.165) is 31.2 Å². The Morgan fingerprint density at radius 2 is 2.14 bits per heavy atom. The van der Waals surface area contributed by atoms with Crippen LogP contribution < -0.4 is 4.90 Å². The van der Waals surface area contributed by atoms with Crippen molar-refractivity contribution in [2.45, 2.75) is 18.8 Å². The molecule has 1 aliphatic carbocycles. The van der Waals surface area contributed by atoms with Gasteiger partial charge in [0.2, 0.25) is 5.95 Å². The summed E-state index contributed by atoms with van der Waals surface area (Å²) >= 11 is 1.72. The molecule has 22 heavy (non-hydrogen) atoms. The first-order valence-corrected chi connectivity index (χ1v) is 8.44. The standard InChI is InChI=1S/C16H17N3O2S/c20-14-9-11(15-2-1-7-22-15)8-13-12(14)10-17-16(18-13)19-3-5-21-6-4-19/h1-2,7,10-11H,3-6,8-9H2. The quantitative estimate of drug-likeness (QED) is 0.851. The van der Waals surface area contributed by atoms with Gasteiger partial charge in [-0.1, -0.05) is 6.07 Å². The number of hydrogen-bond donors (Lipinski definition) is 0. The van der Waals surface area contributed by atoms with Crippen molar-refractivity contribution in [3.8, 4) is 0 Å². The topological polar surface area (TPSA) is 55.3 Å². The highest BCUT2D eigenvalue weighted by atomic mass is 32.1. The molecule has 1 atom stereocenters. The molecule has 2 aliphatic rings. The number of thiophene rings is 1. The van der Waals surface area contributed by atoms with Crippen LogP contribution in [-0.2, 0) is 11.2 Å². The maximum Gasteiger partial charge on any atom is 0.225 e. The first-order chi connectivity index (χ1) is 10.8. The van der Waals surface area contributed by atoms with E-state index >= 15 is 0 Å². The molecule has 114 valence electrons. The molecule has 0 bridgehead atoms. The predicted octanol–water partition coefficient (Wildman–Crippen LogP) is 2.29. The lowest BCUT2D eigenvalue weighted by atomic mass is 9.86. The summed E-state index contributed by atoms with van der Waals surface area (Å²) < 4.78 is 5.37. The van der Waals surface area contributed by atoms with Gasteiger partial charge in [-0.3, -0.25) is 4.79 Å². The summed E-state index contributed by atoms with van der Waals surface area (Å²) in [6.07, 6.45) is 3.09. The van der Waals surface area contributed by atoms with Gasteiger partial charge < -0.3 is 9.64 Å². The Labute approximate surface area is 133 Å². The lowest BCUT2D eigenvalue weighted by molar-refractivity contribution is 0.0963. The average molecular weight is 315 g/mol. The monoisotopic (exact) mass is 315 g/mol. The summed E-state index contributed by atoms with van der Waals surface area (Å²) in [5.74, 6) is 1.14. The molecule has 0 saturated carbocycles. The number of nitrogens with zero attached hydrogens (tertiary/aromatic N) is 3. The lowest BCUT2D eigenvalue weighted by Gasteiger charge is -2.28. The van der Waals surface area contributed by atoms with E-state index in [1.807, 2.05) is 6.07 Å². The number of Topliss-reactive ketones (excluding diaryl/α,β-unsaturated/α-hetero) is 1. The fraction of sp³-hybridized carbons (Fsp3) is 0.438. The van der Waals surface area contributed by atoms with E-state index in [-0.39, 0.29) is 11.7 Å². The normalized spacial score (nSPS) is 21.7. The van der Waals surface area contributed by atoms with E-state index in [1.54, 1.807) is 17.5 Å². The predicted molar refractivity (Wildman–Crippen MR) is 84.8 cm³/mol. The molecule has 1 saturated heterocycles. The molecule has 0 N–H and O–H groups in total. The number of ketones is 1. The highest BCUT2D eigenvalue weighted by Gasteiger charge is 2.29. The van der Waals surface area contributed by atoms with Gasteiger partial charge in [-0.05, 0) is 17.9 Å². The molecular weight excluding hydrogens is 298 g/mol. The third-order valence-electron chi connectivity index (χ3n) is 4.27. The van der Waals surface area contributed by atoms with Crippen LogP contribution in [0, 0.1) is 0 Å². The molecule has 0 aromatic carbocycles. The van der Waals surface area contributed by atoms with E-state index in [9.17, 15) is 4.79 Å². The maximum atomic E-state index is 12.4. The zero-order chi connectivity index (χ0) is 14.9. The molecule has 1 fully saturated rings. The zero-order valence-electron chi connectivity index (χ0n) is 12.2. The summed E-state index contributed by atoms with van der Waals surface area (Å²) in [5.41, 5.74) is 1.59. The fourth-order valence-electron chi connectivity index (χ4n) is 3.07. The second-order valence-electron chi connectivity index (χ2n) is 5.67. The molecule has 3 heterocycles. The molecule has 2 aromatic heterocycles. The Kier molecular flexibility index (Phi) is 3.63. The minimum absolute atomic E-state index is 0.160. The first kappa shape index (κ1) is 13.8. The van der Waals surface area contributed by atoms with Crippen LogP contribution >= 0.6 is 11.3 Å². The van der Waals surface area contributed by atoms with Crippen LogP contribution in [0.15, 0.2) is 23.7 Å². The van der Waals surface area contributed by atoms with Gasteiger partial charge in [0.15, 0.2) is 5.78 Å². The zero-order valence-corrected chi connectivity index (χ0v) is 13.0. The Hall–Kier alpha value is -1.79. The van der Waals surface area contributed by atoms with E-state index in [2.05, 4.69) is 21.3 Å². The van der Waals surface area contributed by atoms with Crippen LogP contribution in [0.25, 0.3) is 0 Å². The van der Waals surface area contributed by atoms with E-state index in [4.69, 9.17) is 9.72 Å². The maximum absolute atomic E-state index is 12.4. The largest absolute Gasteiger partial charge is 0.378 e. The minimum atomic E-state index is 0.160. The van der Waals surface area contributed by atoms with Crippen molar-refractivity contribution in [1.29, 1.82) is 0 Å². The van der Waals surface area contributed by atoms with Crippen LogP contribution in [0.2, 0.25) is 0 Å². The Morgan fingerprint density at radius 3 is 2.91 bits per heavy atom. The Balaban J connectivity index is 1.64. The number of aromatic nitrogens is 2. The van der Waals surface area contributed by atoms with Gasteiger partial charge >= 0.3 is 0 Å². The summed E-state index contributed by atoms with van der Waals surface area (Å²) in [7, 11) is 0. The number of hydrogen-bond acceptors (Lipinski definition) is 6. The van der Waals surface area contributed by atoms with Crippen molar-refractivity contribution < 1.29 is 9.53 Å². The molecule has 6 heteroatoms. The molecule has 1 aliphatic heterocycles. The van der Waals surface area contributed by atoms with Gasteiger partial charge in [0.05, 0.1) is 24.5 Å². The van der Waals surface area contributed by atoms with Gasteiger partial charge in [0, 0.05) is 36.5 Å². The highest BCUT2D eigenvalue weighted by molar-refractivity contribution is 7.10. The Morgan fingerprint density at radius 1 is 1.27 bits per heavy atom. The first-order valence-electron chi connectivity index (χ1n) is 7.56. The third-order valence-corrected chi connectivity index (χ3v) is 5.30. The number of carbonyl (C=O) groups is 1. The molecule has 2 aromatic rings. The number of ether oxygens (including phenoxy) is 1. The summed E-state index contributed by atoms with van der Waals surface area (Å²) in [6, 6.07) is 4.15. The second-order valence-corrected chi connectivity index (χ2v) is 6.65. The van der Waals surface area contributed by atoms with E-state index < -0.39 is 0 Å². The number of rotatable bonds is 2. The van der Waals surface area contributed by atoms with Gasteiger partial charge in [-0.25, -0.2) is 9.97 Å². The van der Waals surface area contributed by atoms with Crippen LogP contribution in [-0.4, -0.2) is 42.1 Å². The highest BCUT2D eigenvalue weighted by Crippen LogP contribution is 2.34. The lowest BCUT2D eigenvalue weighted by Crippen LogP contribution is -2.37. The molecule has 5 nitrogen and oxygen atoms in total. The van der Waals surface area contributed by atoms with Crippen molar-refractivity contribution in [1.82, 2.24) is 9.97 Å². The number of anilines is 1. The summed E-state index contributed by atoms with van der Waals surface area (Å²) in [5, 5.41) is 2.06. The van der Waals surface area contributed by atoms with Crippen LogP contribution in [0.4, 0.5) is 5.95 Å². The van der Waals surface area contributed by atoms with Crippen LogP contribution in [0.5, 0.6) is 0 Å². The molecule has 0 amide bonds. The fourth-order valence-corrected chi connectivity index (χ4v) is 3.91. The third kappa shape index (κ3) is 2.53. The SMILES string of the molecule is O=C1CC(c2cccs2)Cc2nc(N3CCOCC3)ncc21. The molecule has 0 spiro atoms. The second kappa shape index (κ2) is 5.78. The Bertz CT molecular complexity index is 681. The number of fused-ring (bicyclic) bond motifs is 1. The molecule has 0 radical (unpaired) electrons. The van der Waals surface area contributed by atoms with Crippen LogP contribution in [0.3, 0.4) is 0 Å². The molecule has 1 unspecified atom stereocenters. The van der Waals surface area contributed by atoms with Gasteiger partial charge in [0.25, 0.3) is 0 Å². The van der Waals surface area contributed by atoms with Crippen molar-refractivity contribution in [3.05, 3.63) is 39.8 Å². The van der Waals surface area contributed by atoms with Crippen molar-refractivity contribution in [2.24, 2.45) is 0 Å². The van der Waals surface area contributed by atoms with E-state index in [0.29, 0.717) is 25.2 Å². The number of carbonyl (C=O) groups excluding carboxylic acids is 1. The summed E-state index contributed by atoms with van der Waals surface area (Å²) in [4.78, 5) is 24.9. The van der Waals surface area contributed by atoms with Crippen molar-refractivity contribution in [2.75, 3.05) is 31.2 Å². The summed E-state index contributed by atoms with van der Waals surface area (Å²) in [6.45, 7) is 3.02. The van der Waals surface area contributed by atoms with Crippen molar-refractivity contribution >= 4 is 23.1 Å². The smallest absolute Gasteiger partial charge is 0.225 e. The van der Waals surface area contributed by atoms with Crippen molar-refractivity contribution in [3.63, 3.8) is 0 Å². The number of morpholine rings is 1. The van der Waals surface area contributed by atoms with Gasteiger partial charge in [-0.15, -0.1) is 11.3 Å². The molecule has 4 rings (SSSR count). The molecular formula is C16H17N3O2S. The van der Waals surface area contributed by atoms with E-state index in [1.165, 1.54) is 4.88 Å². The minimum Gasteiger partial charge on any atom is -0.378 e. The van der Waals surface area contributed by atoms with Gasteiger partial charge in [0.1, 0.15) is 0 Å². The van der Waals surface area contributed by atoms with Crippen LogP contribution in [0.1, 0.15) is 33.3 Å².